The molecule has 0 amide bonds. The first-order valence-electron chi connectivity index (χ1n) is 14.4. The molecule has 0 aromatic heterocycles. The molecule has 2 heterocycles. The average molecular weight is 553 g/mol. The number of esters is 1. The van der Waals surface area contributed by atoms with Gasteiger partial charge in [-0.1, -0.05) is 66.2 Å². The highest BCUT2D eigenvalue weighted by Crippen LogP contribution is 2.58. The Hall–Kier alpha value is -5.03. The predicted molar refractivity (Wildman–Crippen MR) is 167 cm³/mol. The Bertz CT molecular complexity index is 1810. The van der Waals surface area contributed by atoms with E-state index in [0.29, 0.717) is 23.6 Å². The second-order valence-corrected chi connectivity index (χ2v) is 11.0. The number of rotatable bonds is 6. The smallest absolute Gasteiger partial charge is 0.340 e. The van der Waals surface area contributed by atoms with Crippen LogP contribution < -0.4 is 15.0 Å². The van der Waals surface area contributed by atoms with Crippen LogP contribution in [0.3, 0.4) is 0 Å². The zero-order valence-electron chi connectivity index (χ0n) is 24.0. The van der Waals surface area contributed by atoms with E-state index in [0.717, 1.165) is 45.9 Å². The number of carbonyl (C=O) groups is 1. The fourth-order valence-electron chi connectivity index (χ4n) is 6.24. The largest absolute Gasteiger partial charge is 0.456 e. The summed E-state index contributed by atoms with van der Waals surface area (Å²) in [6, 6.07) is 36.9. The number of anilines is 3. The molecule has 0 saturated carbocycles. The zero-order chi connectivity index (χ0) is 28.8. The Morgan fingerprint density at radius 3 is 2.29 bits per heavy atom. The lowest BCUT2D eigenvalue weighted by Crippen LogP contribution is -2.33. The Morgan fingerprint density at radius 1 is 0.762 bits per heavy atom. The van der Waals surface area contributed by atoms with Crippen molar-refractivity contribution in [2.24, 2.45) is 0 Å². The Balaban J connectivity index is 1.38. The van der Waals surface area contributed by atoms with Crippen LogP contribution in [0.1, 0.15) is 50.7 Å². The van der Waals surface area contributed by atoms with E-state index in [2.05, 4.69) is 90.8 Å². The van der Waals surface area contributed by atoms with E-state index in [4.69, 9.17) is 9.47 Å². The van der Waals surface area contributed by atoms with Crippen LogP contribution in [0.5, 0.6) is 11.5 Å². The Morgan fingerprint density at radius 2 is 1.50 bits per heavy atom. The van der Waals surface area contributed by atoms with Crippen molar-refractivity contribution in [1.29, 1.82) is 0 Å². The lowest BCUT2D eigenvalue weighted by molar-refractivity contribution is 0.0224. The maximum Gasteiger partial charge on any atom is 0.340 e. The van der Waals surface area contributed by atoms with Gasteiger partial charge >= 0.3 is 5.97 Å². The summed E-state index contributed by atoms with van der Waals surface area (Å²) in [4.78, 5) is 15.6. The number of ether oxygens (including phenoxy) is 2. The number of nitrogens with zero attached hydrogens (tertiary/aromatic N) is 1. The van der Waals surface area contributed by atoms with Crippen LogP contribution in [0, 0.1) is 13.8 Å². The van der Waals surface area contributed by atoms with Gasteiger partial charge in [-0.25, -0.2) is 4.79 Å². The molecule has 1 N–H and O–H groups in total. The van der Waals surface area contributed by atoms with Gasteiger partial charge in [0.05, 0.1) is 5.56 Å². The molecule has 1 unspecified atom stereocenters. The molecule has 1 spiro atoms. The van der Waals surface area contributed by atoms with E-state index in [1.54, 1.807) is 0 Å². The number of benzene rings is 5. The van der Waals surface area contributed by atoms with Gasteiger partial charge in [-0.2, -0.15) is 0 Å². The Labute approximate surface area is 246 Å². The molecule has 0 fully saturated rings. The molecule has 5 aromatic rings. The van der Waals surface area contributed by atoms with E-state index >= 15 is 0 Å². The highest BCUT2D eigenvalue weighted by atomic mass is 16.6. The molecule has 2 aliphatic rings. The van der Waals surface area contributed by atoms with Crippen LogP contribution in [0.2, 0.25) is 0 Å². The molecule has 0 aliphatic carbocycles. The fourth-order valence-corrected chi connectivity index (χ4v) is 6.24. The number of hydrogen-bond donors (Lipinski definition) is 1. The summed E-state index contributed by atoms with van der Waals surface area (Å²) < 4.78 is 13.2. The van der Waals surface area contributed by atoms with Crippen molar-refractivity contribution < 1.29 is 14.3 Å². The van der Waals surface area contributed by atoms with Gasteiger partial charge < -0.3 is 19.7 Å². The molecular weight excluding hydrogens is 520 g/mol. The lowest BCUT2D eigenvalue weighted by Gasteiger charge is -2.38. The number of fused-ring (bicyclic) bond motifs is 6. The first kappa shape index (κ1) is 25.9. The van der Waals surface area contributed by atoms with Crippen LogP contribution >= 0.6 is 0 Å². The van der Waals surface area contributed by atoms with Crippen molar-refractivity contribution in [3.8, 4) is 11.5 Å². The zero-order valence-corrected chi connectivity index (χ0v) is 24.0. The van der Waals surface area contributed by atoms with E-state index in [-0.39, 0.29) is 5.97 Å². The summed E-state index contributed by atoms with van der Waals surface area (Å²) in [5.41, 5.74) is 8.35. The average Bonchev–Trinajstić information content (AvgIpc) is 3.31. The summed E-state index contributed by atoms with van der Waals surface area (Å²) in [5.74, 6) is 1.07. The number of carbonyl (C=O) groups excluding carboxylic acids is 1. The highest BCUT2D eigenvalue weighted by Gasteiger charge is 2.54. The van der Waals surface area contributed by atoms with Crippen LogP contribution in [0.4, 0.5) is 17.1 Å². The first-order valence-corrected chi connectivity index (χ1v) is 14.4. The number of hydrogen-bond acceptors (Lipinski definition) is 5. The van der Waals surface area contributed by atoms with Crippen molar-refractivity contribution in [3.05, 3.63) is 148 Å². The monoisotopic (exact) mass is 552 g/mol. The number of nitrogens with one attached hydrogen (secondary N) is 1. The highest BCUT2D eigenvalue weighted by molar-refractivity contribution is 5.97. The third kappa shape index (κ3) is 4.12. The molecule has 7 rings (SSSR count). The van der Waals surface area contributed by atoms with Crippen LogP contribution in [-0.4, -0.2) is 12.5 Å². The van der Waals surface area contributed by atoms with Crippen molar-refractivity contribution in [2.75, 3.05) is 16.8 Å². The van der Waals surface area contributed by atoms with Crippen molar-refractivity contribution in [2.45, 2.75) is 32.9 Å². The third-order valence-electron chi connectivity index (χ3n) is 8.30. The normalized spacial score (nSPS) is 16.2. The first-order chi connectivity index (χ1) is 20.5. The second kappa shape index (κ2) is 10.1. The summed E-state index contributed by atoms with van der Waals surface area (Å²) in [6.45, 7) is 7.74. The van der Waals surface area contributed by atoms with Gasteiger partial charge in [0.1, 0.15) is 11.5 Å². The van der Waals surface area contributed by atoms with Crippen molar-refractivity contribution >= 4 is 23.0 Å². The minimum Gasteiger partial charge on any atom is -0.456 e. The molecule has 0 bridgehead atoms. The van der Waals surface area contributed by atoms with Gasteiger partial charge in [0.25, 0.3) is 0 Å². The quantitative estimate of drug-likeness (QED) is 0.214. The summed E-state index contributed by atoms with van der Waals surface area (Å²) in [6.07, 6.45) is 0. The molecule has 1 atom stereocenters. The van der Waals surface area contributed by atoms with E-state index in [1.807, 2.05) is 49.4 Å². The molecule has 5 heteroatoms. The number of aryl methyl sites for hydroxylation is 2. The molecule has 42 heavy (non-hydrogen) atoms. The molecule has 5 nitrogen and oxygen atoms in total. The standard InChI is InChI=1S/C37H32N2O3/c1-4-39(28-16-14-24(2)15-17-28)29-18-19-32-34(22-29)41-35-25(3)20-27(38-23-26-10-6-5-7-11-26)21-33(35)37(32)31-13-9-8-12-30(31)36(40)42-37/h5-22,38H,4,23H2,1-3H3. The molecule has 0 saturated heterocycles. The molecule has 2 aliphatic heterocycles. The van der Waals surface area contributed by atoms with Gasteiger partial charge in [0, 0.05) is 52.9 Å². The summed E-state index contributed by atoms with van der Waals surface area (Å²) >= 11 is 0. The minimum absolute atomic E-state index is 0.330. The van der Waals surface area contributed by atoms with E-state index in [9.17, 15) is 4.79 Å². The topological polar surface area (TPSA) is 50.8 Å². The van der Waals surface area contributed by atoms with Gasteiger partial charge in [-0.05, 0) is 74.4 Å². The van der Waals surface area contributed by atoms with Gasteiger partial charge in [0.2, 0.25) is 0 Å². The minimum atomic E-state index is -1.12. The third-order valence-corrected chi connectivity index (χ3v) is 8.30. The van der Waals surface area contributed by atoms with E-state index < -0.39 is 5.60 Å². The fraction of sp³-hybridized carbons (Fsp3) is 0.162. The van der Waals surface area contributed by atoms with Gasteiger partial charge in [0.15, 0.2) is 5.60 Å². The van der Waals surface area contributed by atoms with Crippen LogP contribution in [0.25, 0.3) is 0 Å². The van der Waals surface area contributed by atoms with Crippen molar-refractivity contribution in [3.63, 3.8) is 0 Å². The second-order valence-electron chi connectivity index (χ2n) is 11.0. The SMILES string of the molecule is CCN(c1ccc(C)cc1)c1ccc2c(c1)Oc1c(C)cc(NCc3ccccc3)cc1C21OC(=O)c2ccccc21. The maximum absolute atomic E-state index is 13.4. The molecule has 0 radical (unpaired) electrons. The van der Waals surface area contributed by atoms with Gasteiger partial charge in [-0.3, -0.25) is 0 Å². The van der Waals surface area contributed by atoms with Crippen LogP contribution in [-0.2, 0) is 16.9 Å². The summed E-state index contributed by atoms with van der Waals surface area (Å²) in [7, 11) is 0. The maximum atomic E-state index is 13.4. The van der Waals surface area contributed by atoms with Gasteiger partial charge in [-0.15, -0.1) is 0 Å². The summed E-state index contributed by atoms with van der Waals surface area (Å²) in [5, 5.41) is 3.57. The predicted octanol–water partition coefficient (Wildman–Crippen LogP) is 8.64. The lowest BCUT2D eigenvalue weighted by atomic mass is 9.77. The molecular formula is C37H32N2O3. The van der Waals surface area contributed by atoms with E-state index in [1.165, 1.54) is 11.1 Å². The van der Waals surface area contributed by atoms with Crippen LogP contribution in [0.15, 0.2) is 109 Å². The Kier molecular flexibility index (Phi) is 6.23. The molecule has 208 valence electrons. The molecule has 5 aromatic carbocycles. The van der Waals surface area contributed by atoms with Crippen molar-refractivity contribution in [1.82, 2.24) is 0 Å².